The summed E-state index contributed by atoms with van der Waals surface area (Å²) in [7, 11) is 1.88. The number of para-hydroxylation sites is 1. The number of aromatic nitrogens is 3. The highest BCUT2D eigenvalue weighted by atomic mass is 16.5. The molecule has 3 fully saturated rings. The molecule has 3 atom stereocenters. The van der Waals surface area contributed by atoms with E-state index in [-0.39, 0.29) is 34.5 Å². The van der Waals surface area contributed by atoms with Gasteiger partial charge in [0.05, 0.1) is 54.4 Å². The maximum atomic E-state index is 13.1. The number of ether oxygens (including phenoxy) is 3. The first kappa shape index (κ1) is 64.0. The molecule has 0 saturated carbocycles. The van der Waals surface area contributed by atoms with Gasteiger partial charge in [-0.15, -0.1) is 0 Å². The van der Waals surface area contributed by atoms with Crippen LogP contribution < -0.4 is 24.8 Å². The summed E-state index contributed by atoms with van der Waals surface area (Å²) in [5.74, 6) is 4.97. The highest BCUT2D eigenvalue weighted by Gasteiger charge is 2.42. The van der Waals surface area contributed by atoms with Crippen molar-refractivity contribution in [1.29, 1.82) is 0 Å². The van der Waals surface area contributed by atoms with Gasteiger partial charge >= 0.3 is 0 Å². The molecule has 15 heteroatoms. The average Bonchev–Trinajstić information content (AvgIpc) is 4.16. The summed E-state index contributed by atoms with van der Waals surface area (Å²) in [6.45, 7) is 23.3. The number of carbonyl (C=O) groups excluding carboxylic acids is 3. The summed E-state index contributed by atoms with van der Waals surface area (Å²) >= 11 is 0. The maximum absolute atomic E-state index is 13.1. The molecule has 10 rings (SSSR count). The zero-order chi connectivity index (χ0) is 60.7. The molecule has 2 N–H and O–H groups in total. The Morgan fingerprint density at radius 2 is 1.10 bits per heavy atom. The second-order valence-electron chi connectivity index (χ2n) is 24.6. The Morgan fingerprint density at radius 3 is 1.69 bits per heavy atom. The van der Waals surface area contributed by atoms with Gasteiger partial charge in [-0.3, -0.25) is 44.0 Å². The van der Waals surface area contributed by atoms with E-state index in [4.69, 9.17) is 14.2 Å². The van der Waals surface area contributed by atoms with Crippen LogP contribution in [0.5, 0.6) is 23.0 Å². The van der Waals surface area contributed by atoms with Gasteiger partial charge < -0.3 is 29.7 Å². The van der Waals surface area contributed by atoms with Gasteiger partial charge in [-0.05, 0) is 166 Å². The van der Waals surface area contributed by atoms with Crippen LogP contribution in [-0.2, 0) is 53.7 Å². The molecule has 6 heterocycles. The minimum atomic E-state index is -0.361. The third-order valence-electron chi connectivity index (χ3n) is 15.7. The van der Waals surface area contributed by atoms with Crippen molar-refractivity contribution in [2.75, 3.05) is 59.5 Å². The first-order valence-corrected chi connectivity index (χ1v) is 30.5. The van der Waals surface area contributed by atoms with Crippen molar-refractivity contribution >= 4 is 17.7 Å². The van der Waals surface area contributed by atoms with E-state index in [2.05, 4.69) is 118 Å². The number of pyridine rings is 3. The summed E-state index contributed by atoms with van der Waals surface area (Å²) in [5, 5.41) is 6.09. The molecule has 4 aromatic carbocycles. The van der Waals surface area contributed by atoms with Crippen LogP contribution in [0, 0.1) is 28.6 Å². The fraction of sp³-hybridized carbons (Fsp3) is 0.408. The Bertz CT molecular complexity index is 3190. The Balaban J connectivity index is 0.000000168. The van der Waals surface area contributed by atoms with E-state index in [1.165, 1.54) is 16.7 Å². The predicted molar refractivity (Wildman–Crippen MR) is 339 cm³/mol. The molecule has 0 radical (unpaired) electrons. The number of nitrogens with zero attached hydrogens (tertiary/aromatic N) is 7. The molecule has 0 aliphatic carbocycles. The first-order chi connectivity index (χ1) is 41.6. The molecule has 15 nitrogen and oxygen atoms in total. The van der Waals surface area contributed by atoms with Crippen molar-refractivity contribution in [2.24, 2.45) is 28.6 Å². The maximum Gasteiger partial charge on any atom is 0.229 e. The standard InChI is InChI=1S/C24H25N3O2.C24H33N3O2.C23H31N3O2/c28-24(26-16-20-7-5-12-25-15-20)21-11-13-27(18-21)17-19-6-4-10-23(14-19)29-22-8-2-1-3-9-22;1-19(2)17-29-22-10-7-8-20(14-22)15-27-13-11-24(3,18-27)23(28)26(4)16-21-9-5-6-12-25-21;1-18(2)16-28-21-9-6-7-19(13-21)15-26-12-10-23(3,17-26)22(27)25-14-20-8-4-5-11-24-20/h1-10,12,14-15,21H,11,13,16-18H2,(H,26,28);5-10,12,14,19H,11,13,15-18H2,1-4H3;4-9,11,13,18H,10,12,14-17H2,1-3H3,(H,25,27)/t21-;;/m1../s1. The zero-order valence-electron chi connectivity index (χ0n) is 51.6. The van der Waals surface area contributed by atoms with Crippen LogP contribution in [0.4, 0.5) is 0 Å². The number of benzene rings is 4. The van der Waals surface area contributed by atoms with E-state index in [1.54, 1.807) is 24.8 Å². The molecule has 3 aliphatic rings. The minimum absolute atomic E-state index is 0.0374. The molecule has 86 heavy (non-hydrogen) atoms. The molecular formula is C71H89N9O6. The Labute approximate surface area is 510 Å². The highest BCUT2D eigenvalue weighted by molar-refractivity contribution is 5.83. The van der Waals surface area contributed by atoms with Crippen LogP contribution in [0.3, 0.4) is 0 Å². The normalized spacial score (nSPS) is 18.5. The van der Waals surface area contributed by atoms with Crippen LogP contribution in [0.2, 0.25) is 0 Å². The largest absolute Gasteiger partial charge is 0.493 e. The molecule has 3 saturated heterocycles. The molecule has 3 amide bonds. The fourth-order valence-corrected chi connectivity index (χ4v) is 11.0. The van der Waals surface area contributed by atoms with E-state index >= 15 is 0 Å². The number of nitrogens with one attached hydrogen (secondary N) is 2. The number of carbonyl (C=O) groups is 3. The monoisotopic (exact) mass is 1160 g/mol. The molecule has 454 valence electrons. The zero-order valence-corrected chi connectivity index (χ0v) is 51.6. The SMILES string of the molecule is CC(C)COc1cccc(CN2CCC(C)(C(=O)N(C)Cc3ccccn3)C2)c1.CC(C)COc1cccc(CN2CCC(C)(C(=O)NCc3ccccn3)C2)c1.O=C(NCc1cccnc1)[C@@H]1CCN(Cc2cccc(Oc3ccccc3)c2)C1. The van der Waals surface area contributed by atoms with Crippen molar-refractivity contribution in [2.45, 2.75) is 100 Å². The molecule has 3 aliphatic heterocycles. The lowest BCUT2D eigenvalue weighted by atomic mass is 9.88. The summed E-state index contributed by atoms with van der Waals surface area (Å²) in [5.41, 5.74) is 5.74. The van der Waals surface area contributed by atoms with E-state index in [1.807, 2.05) is 127 Å². The van der Waals surface area contributed by atoms with E-state index in [0.717, 1.165) is 131 Å². The van der Waals surface area contributed by atoms with Crippen LogP contribution >= 0.6 is 0 Å². The van der Waals surface area contributed by atoms with Crippen LogP contribution in [0.1, 0.15) is 94.4 Å². The van der Waals surface area contributed by atoms with Crippen molar-refractivity contribution in [1.82, 2.24) is 45.2 Å². The number of amides is 3. The van der Waals surface area contributed by atoms with Gasteiger partial charge in [-0.2, -0.15) is 0 Å². The second-order valence-corrected chi connectivity index (χ2v) is 24.6. The van der Waals surface area contributed by atoms with Crippen LogP contribution in [0.15, 0.2) is 176 Å². The number of hydrogen-bond donors (Lipinski definition) is 2. The Kier molecular flexibility index (Phi) is 23.8. The molecule has 7 aromatic rings. The molecule has 0 spiro atoms. The number of rotatable bonds is 23. The van der Waals surface area contributed by atoms with Crippen molar-refractivity contribution in [3.05, 3.63) is 210 Å². The summed E-state index contributed by atoms with van der Waals surface area (Å²) in [6.07, 6.45) is 9.67. The lowest BCUT2D eigenvalue weighted by Gasteiger charge is -2.29. The summed E-state index contributed by atoms with van der Waals surface area (Å²) < 4.78 is 17.6. The average molecular weight is 1160 g/mol. The van der Waals surface area contributed by atoms with Gasteiger partial charge in [0.25, 0.3) is 0 Å². The predicted octanol–water partition coefficient (Wildman–Crippen LogP) is 11.6. The van der Waals surface area contributed by atoms with Gasteiger partial charge in [0.15, 0.2) is 0 Å². The third kappa shape index (κ3) is 20.3. The Morgan fingerprint density at radius 1 is 0.570 bits per heavy atom. The summed E-state index contributed by atoms with van der Waals surface area (Å²) in [6, 6.07) is 49.9. The van der Waals surface area contributed by atoms with Crippen molar-refractivity contribution < 1.29 is 28.6 Å². The van der Waals surface area contributed by atoms with Crippen LogP contribution in [-0.4, -0.2) is 112 Å². The molecular weight excluding hydrogens is 1070 g/mol. The Hall–Kier alpha value is -7.98. The topological polar surface area (TPSA) is 155 Å². The fourth-order valence-electron chi connectivity index (χ4n) is 11.0. The lowest BCUT2D eigenvalue weighted by Crippen LogP contribution is -2.41. The molecule has 0 bridgehead atoms. The lowest BCUT2D eigenvalue weighted by molar-refractivity contribution is -0.140. The number of hydrogen-bond acceptors (Lipinski definition) is 12. The van der Waals surface area contributed by atoms with Crippen LogP contribution in [0.25, 0.3) is 0 Å². The third-order valence-corrected chi connectivity index (χ3v) is 15.7. The van der Waals surface area contributed by atoms with Gasteiger partial charge in [-0.1, -0.05) is 100 Å². The summed E-state index contributed by atoms with van der Waals surface area (Å²) in [4.78, 5) is 59.9. The van der Waals surface area contributed by atoms with Gasteiger partial charge in [0.1, 0.15) is 23.0 Å². The van der Waals surface area contributed by atoms with Crippen molar-refractivity contribution in [3.8, 4) is 23.0 Å². The minimum Gasteiger partial charge on any atom is -0.493 e. The smallest absolute Gasteiger partial charge is 0.229 e. The molecule has 2 unspecified atom stereocenters. The second kappa shape index (κ2) is 32.0. The van der Waals surface area contributed by atoms with Gasteiger partial charge in [0, 0.05) is 77.6 Å². The quantitative estimate of drug-likeness (QED) is 0.0626. The van der Waals surface area contributed by atoms with Crippen molar-refractivity contribution in [3.63, 3.8) is 0 Å². The first-order valence-electron chi connectivity index (χ1n) is 30.5. The number of likely N-dealkylation sites (tertiary alicyclic amines) is 3. The van der Waals surface area contributed by atoms with Gasteiger partial charge in [0.2, 0.25) is 17.7 Å². The van der Waals surface area contributed by atoms with E-state index in [9.17, 15) is 14.4 Å². The van der Waals surface area contributed by atoms with E-state index < -0.39 is 0 Å². The van der Waals surface area contributed by atoms with Gasteiger partial charge in [-0.25, -0.2) is 0 Å². The van der Waals surface area contributed by atoms with E-state index in [0.29, 0.717) is 31.5 Å². The molecule has 3 aromatic heterocycles. The highest BCUT2D eigenvalue weighted by Crippen LogP contribution is 2.34.